The van der Waals surface area contributed by atoms with Crippen LogP contribution in [0.25, 0.3) is 0 Å². The Morgan fingerprint density at radius 2 is 2.05 bits per heavy atom. The Hall–Kier alpha value is -2.16. The van der Waals surface area contributed by atoms with Gasteiger partial charge in [0.05, 0.1) is 13.2 Å². The maximum Gasteiger partial charge on any atom is 0.160 e. The molecule has 0 heterocycles. The summed E-state index contributed by atoms with van der Waals surface area (Å²) in [5, 5.41) is 13.3. The summed E-state index contributed by atoms with van der Waals surface area (Å²) in [7, 11) is 1.55. The number of ether oxygens (including phenoxy) is 1. The molecule has 2 N–H and O–H groups in total. The molecule has 0 amide bonds. The van der Waals surface area contributed by atoms with Crippen LogP contribution in [0.15, 0.2) is 36.4 Å². The molecule has 1 aliphatic carbocycles. The third-order valence-electron chi connectivity index (χ3n) is 3.90. The minimum Gasteiger partial charge on any atom is -0.504 e. The lowest BCUT2D eigenvalue weighted by atomic mass is 10.0. The van der Waals surface area contributed by atoms with Crippen molar-refractivity contribution >= 4 is 5.69 Å². The minimum atomic E-state index is 0.167. The molecule has 0 fully saturated rings. The van der Waals surface area contributed by atoms with Crippen LogP contribution in [0.3, 0.4) is 0 Å². The molecule has 2 aromatic carbocycles. The zero-order valence-electron chi connectivity index (χ0n) is 11.8. The molecular weight excluding hydrogens is 250 g/mol. The Morgan fingerprint density at radius 3 is 2.80 bits per heavy atom. The summed E-state index contributed by atoms with van der Waals surface area (Å²) >= 11 is 0. The standard InChI is InChI=1S/C17H19NO2/c1-11-3-4-12-5-7-15(14(12)9-11)18-13-6-8-17(20-2)16(19)10-13/h3-4,6,8-10,15,18-19H,5,7H2,1-2H3. The summed E-state index contributed by atoms with van der Waals surface area (Å²) in [6.07, 6.45) is 2.20. The SMILES string of the molecule is COc1ccc(NC2CCc3ccc(C)cc32)cc1O. The number of phenolic OH excluding ortho intramolecular Hbond substituents is 1. The summed E-state index contributed by atoms with van der Waals surface area (Å²) in [5.41, 5.74) is 5.00. The fourth-order valence-corrected chi connectivity index (χ4v) is 2.85. The van der Waals surface area contributed by atoms with E-state index < -0.39 is 0 Å². The Morgan fingerprint density at radius 1 is 1.20 bits per heavy atom. The van der Waals surface area contributed by atoms with E-state index in [1.807, 2.05) is 6.07 Å². The molecule has 1 atom stereocenters. The van der Waals surface area contributed by atoms with Crippen molar-refractivity contribution in [2.24, 2.45) is 0 Å². The molecule has 0 aromatic heterocycles. The second kappa shape index (κ2) is 5.08. The van der Waals surface area contributed by atoms with Gasteiger partial charge in [0, 0.05) is 11.8 Å². The third-order valence-corrected chi connectivity index (χ3v) is 3.90. The second-order valence-electron chi connectivity index (χ2n) is 5.32. The average Bonchev–Trinajstić information content (AvgIpc) is 2.82. The lowest BCUT2D eigenvalue weighted by Gasteiger charge is -2.17. The Bertz CT molecular complexity index is 637. The van der Waals surface area contributed by atoms with E-state index in [0.717, 1.165) is 18.5 Å². The monoisotopic (exact) mass is 269 g/mol. The van der Waals surface area contributed by atoms with Crippen LogP contribution in [-0.2, 0) is 6.42 Å². The van der Waals surface area contributed by atoms with E-state index in [1.54, 1.807) is 19.2 Å². The first-order valence-electron chi connectivity index (χ1n) is 6.90. The fourth-order valence-electron chi connectivity index (χ4n) is 2.85. The molecule has 0 bridgehead atoms. The minimum absolute atomic E-state index is 0.167. The van der Waals surface area contributed by atoms with E-state index in [2.05, 4.69) is 30.4 Å². The molecule has 3 nitrogen and oxygen atoms in total. The first-order chi connectivity index (χ1) is 9.67. The van der Waals surface area contributed by atoms with Gasteiger partial charge < -0.3 is 15.2 Å². The Kier molecular flexibility index (Phi) is 3.26. The van der Waals surface area contributed by atoms with Crippen molar-refractivity contribution in [3.05, 3.63) is 53.1 Å². The predicted molar refractivity (Wildman–Crippen MR) is 80.5 cm³/mol. The molecule has 20 heavy (non-hydrogen) atoms. The number of hydrogen-bond acceptors (Lipinski definition) is 3. The highest BCUT2D eigenvalue weighted by Crippen LogP contribution is 2.36. The highest BCUT2D eigenvalue weighted by atomic mass is 16.5. The number of aryl methyl sites for hydroxylation is 2. The number of methoxy groups -OCH3 is 1. The van der Waals surface area contributed by atoms with Crippen LogP contribution in [0.5, 0.6) is 11.5 Å². The summed E-state index contributed by atoms with van der Waals surface area (Å²) in [6, 6.07) is 12.4. The van der Waals surface area contributed by atoms with E-state index >= 15 is 0 Å². The van der Waals surface area contributed by atoms with Crippen LogP contribution >= 0.6 is 0 Å². The highest BCUT2D eigenvalue weighted by Gasteiger charge is 2.22. The van der Waals surface area contributed by atoms with Gasteiger partial charge in [-0.2, -0.15) is 0 Å². The molecule has 1 unspecified atom stereocenters. The normalized spacial score (nSPS) is 16.8. The molecule has 104 valence electrons. The Labute approximate surface area is 119 Å². The summed E-state index contributed by atoms with van der Waals surface area (Å²) < 4.78 is 5.06. The van der Waals surface area contributed by atoms with Crippen molar-refractivity contribution in [2.45, 2.75) is 25.8 Å². The lowest BCUT2D eigenvalue weighted by molar-refractivity contribution is 0.373. The maximum absolute atomic E-state index is 9.84. The van der Waals surface area contributed by atoms with Crippen molar-refractivity contribution in [2.75, 3.05) is 12.4 Å². The van der Waals surface area contributed by atoms with Crippen molar-refractivity contribution in [3.8, 4) is 11.5 Å². The van der Waals surface area contributed by atoms with Gasteiger partial charge in [-0.1, -0.05) is 23.8 Å². The quantitative estimate of drug-likeness (QED) is 0.890. The van der Waals surface area contributed by atoms with Crippen LogP contribution in [0.2, 0.25) is 0 Å². The van der Waals surface area contributed by atoms with E-state index in [0.29, 0.717) is 11.8 Å². The first-order valence-corrected chi connectivity index (χ1v) is 6.90. The molecule has 1 aliphatic rings. The number of benzene rings is 2. The zero-order valence-corrected chi connectivity index (χ0v) is 11.8. The van der Waals surface area contributed by atoms with Gasteiger partial charge in [0.25, 0.3) is 0 Å². The molecule has 2 aromatic rings. The van der Waals surface area contributed by atoms with E-state index in [4.69, 9.17) is 4.74 Å². The molecule has 0 radical (unpaired) electrons. The molecule has 3 rings (SSSR count). The Balaban J connectivity index is 1.83. The maximum atomic E-state index is 9.84. The van der Waals surface area contributed by atoms with E-state index in [-0.39, 0.29) is 5.75 Å². The number of fused-ring (bicyclic) bond motifs is 1. The molecular formula is C17H19NO2. The fraction of sp³-hybridized carbons (Fsp3) is 0.294. The van der Waals surface area contributed by atoms with E-state index in [9.17, 15) is 5.11 Å². The van der Waals surface area contributed by atoms with Gasteiger partial charge in [-0.3, -0.25) is 0 Å². The van der Waals surface area contributed by atoms with Crippen molar-refractivity contribution in [3.63, 3.8) is 0 Å². The number of aromatic hydroxyl groups is 1. The highest BCUT2D eigenvalue weighted by molar-refractivity contribution is 5.56. The molecule has 0 spiro atoms. The smallest absolute Gasteiger partial charge is 0.160 e. The molecule has 0 aliphatic heterocycles. The summed E-state index contributed by atoms with van der Waals surface area (Å²) in [6.45, 7) is 2.12. The van der Waals surface area contributed by atoms with Crippen molar-refractivity contribution in [1.29, 1.82) is 0 Å². The number of nitrogens with one attached hydrogen (secondary N) is 1. The van der Waals surface area contributed by atoms with Crippen LogP contribution in [-0.4, -0.2) is 12.2 Å². The van der Waals surface area contributed by atoms with E-state index in [1.165, 1.54) is 16.7 Å². The van der Waals surface area contributed by atoms with Crippen LogP contribution in [0, 0.1) is 6.92 Å². The third kappa shape index (κ3) is 2.31. The molecule has 0 saturated heterocycles. The second-order valence-corrected chi connectivity index (χ2v) is 5.32. The van der Waals surface area contributed by atoms with Gasteiger partial charge in [0.2, 0.25) is 0 Å². The number of rotatable bonds is 3. The summed E-state index contributed by atoms with van der Waals surface area (Å²) in [4.78, 5) is 0. The van der Waals surface area contributed by atoms with Gasteiger partial charge in [-0.05, 0) is 43.0 Å². The van der Waals surface area contributed by atoms with Gasteiger partial charge in [0.15, 0.2) is 11.5 Å². The molecule has 3 heteroatoms. The van der Waals surface area contributed by atoms with Gasteiger partial charge >= 0.3 is 0 Å². The van der Waals surface area contributed by atoms with Crippen LogP contribution in [0.4, 0.5) is 5.69 Å². The van der Waals surface area contributed by atoms with Crippen molar-refractivity contribution in [1.82, 2.24) is 0 Å². The van der Waals surface area contributed by atoms with Crippen LogP contribution in [0.1, 0.15) is 29.2 Å². The lowest BCUT2D eigenvalue weighted by Crippen LogP contribution is -2.07. The number of phenols is 1. The van der Waals surface area contributed by atoms with Crippen LogP contribution < -0.4 is 10.1 Å². The van der Waals surface area contributed by atoms with Gasteiger partial charge in [-0.15, -0.1) is 0 Å². The average molecular weight is 269 g/mol. The number of anilines is 1. The largest absolute Gasteiger partial charge is 0.504 e. The molecule has 0 saturated carbocycles. The topological polar surface area (TPSA) is 41.5 Å². The summed E-state index contributed by atoms with van der Waals surface area (Å²) in [5.74, 6) is 0.665. The first kappa shape index (κ1) is 12.9. The van der Waals surface area contributed by atoms with Crippen molar-refractivity contribution < 1.29 is 9.84 Å². The predicted octanol–water partition coefficient (Wildman–Crippen LogP) is 3.81. The zero-order chi connectivity index (χ0) is 14.1. The number of hydrogen-bond donors (Lipinski definition) is 2. The van der Waals surface area contributed by atoms with Gasteiger partial charge in [-0.25, -0.2) is 0 Å². The van der Waals surface area contributed by atoms with Gasteiger partial charge in [0.1, 0.15) is 0 Å².